The summed E-state index contributed by atoms with van der Waals surface area (Å²) in [6.45, 7) is 0. The van der Waals surface area contributed by atoms with E-state index in [-0.39, 0.29) is 0 Å². The molecule has 1 N–H and O–H groups in total. The molecule has 2 rings (SSSR count). The van der Waals surface area contributed by atoms with Crippen molar-refractivity contribution >= 4 is 12.0 Å². The van der Waals surface area contributed by atoms with Crippen LogP contribution in [-0.2, 0) is 0 Å². The van der Waals surface area contributed by atoms with E-state index in [1.165, 1.54) is 12.8 Å². The minimum atomic E-state index is 0.673. The average molecular weight is 161 g/mol. The van der Waals surface area contributed by atoms with E-state index in [2.05, 4.69) is 5.32 Å². The lowest BCUT2D eigenvalue weighted by molar-refractivity contribution is 0.112. The smallest absolute Gasteiger partial charge is 0.150 e. The van der Waals surface area contributed by atoms with Gasteiger partial charge in [-0.2, -0.15) is 0 Å². The highest BCUT2D eigenvalue weighted by Gasteiger charge is 2.20. The molecule has 0 bridgehead atoms. The molecule has 1 aliphatic rings. The highest BCUT2D eigenvalue weighted by molar-refractivity contribution is 5.75. The largest absolute Gasteiger partial charge is 0.382 e. The van der Waals surface area contributed by atoms with Gasteiger partial charge in [0.1, 0.15) is 6.29 Å². The van der Waals surface area contributed by atoms with E-state index >= 15 is 0 Å². The summed E-state index contributed by atoms with van der Waals surface area (Å²) in [5.74, 6) is 0. The van der Waals surface area contributed by atoms with E-state index in [0.717, 1.165) is 17.5 Å². The Balaban J connectivity index is 2.07. The number of carbonyl (C=O) groups is 1. The Morgan fingerprint density at radius 2 is 1.92 bits per heavy atom. The van der Waals surface area contributed by atoms with Crippen molar-refractivity contribution in [1.29, 1.82) is 0 Å². The van der Waals surface area contributed by atoms with E-state index < -0.39 is 0 Å². The maximum atomic E-state index is 10.3. The minimum absolute atomic E-state index is 0.673. The van der Waals surface area contributed by atoms with Gasteiger partial charge in [-0.15, -0.1) is 0 Å². The topological polar surface area (TPSA) is 29.1 Å². The number of nitrogens with one attached hydrogen (secondary N) is 1. The molecule has 0 atom stereocenters. The molecule has 2 nitrogen and oxygen atoms in total. The van der Waals surface area contributed by atoms with E-state index in [9.17, 15) is 4.79 Å². The van der Waals surface area contributed by atoms with Crippen LogP contribution in [0.3, 0.4) is 0 Å². The first-order valence-corrected chi connectivity index (χ1v) is 4.20. The van der Waals surface area contributed by atoms with Crippen LogP contribution in [0, 0.1) is 0 Å². The molecule has 1 aromatic rings. The maximum Gasteiger partial charge on any atom is 0.150 e. The molecule has 1 saturated carbocycles. The quantitative estimate of drug-likeness (QED) is 0.687. The number of aldehydes is 1. The van der Waals surface area contributed by atoms with E-state index in [0.29, 0.717) is 6.04 Å². The summed E-state index contributed by atoms with van der Waals surface area (Å²) >= 11 is 0. The monoisotopic (exact) mass is 161 g/mol. The van der Waals surface area contributed by atoms with Gasteiger partial charge in [-0.25, -0.2) is 0 Å². The average Bonchev–Trinajstić information content (AvgIpc) is 2.90. The molecule has 0 aliphatic heterocycles. The van der Waals surface area contributed by atoms with Crippen molar-refractivity contribution in [3.8, 4) is 0 Å². The third-order valence-electron chi connectivity index (χ3n) is 1.99. The summed E-state index contributed by atoms with van der Waals surface area (Å²) in [5, 5.41) is 3.35. The van der Waals surface area contributed by atoms with Crippen LogP contribution in [0.5, 0.6) is 0 Å². The molecule has 2 heteroatoms. The molecule has 0 saturated heterocycles. The van der Waals surface area contributed by atoms with Crippen molar-refractivity contribution in [2.75, 3.05) is 5.32 Å². The third-order valence-corrected chi connectivity index (χ3v) is 1.99. The van der Waals surface area contributed by atoms with Crippen molar-refractivity contribution in [2.45, 2.75) is 18.9 Å². The lowest BCUT2D eigenvalue weighted by atomic mass is 10.2. The van der Waals surface area contributed by atoms with Gasteiger partial charge < -0.3 is 5.32 Å². The number of rotatable bonds is 3. The normalized spacial score (nSPS) is 15.7. The molecule has 0 aromatic heterocycles. The molecule has 1 aromatic carbocycles. The molecule has 0 radical (unpaired) electrons. The number of anilines is 1. The molecule has 62 valence electrons. The van der Waals surface area contributed by atoms with Gasteiger partial charge in [0.05, 0.1) is 0 Å². The molecule has 12 heavy (non-hydrogen) atoms. The van der Waals surface area contributed by atoms with Crippen LogP contribution < -0.4 is 5.32 Å². The Hall–Kier alpha value is -1.31. The summed E-state index contributed by atoms with van der Waals surface area (Å²) in [6, 6.07) is 8.23. The summed E-state index contributed by atoms with van der Waals surface area (Å²) < 4.78 is 0. The van der Waals surface area contributed by atoms with E-state index in [1.807, 2.05) is 24.3 Å². The number of carbonyl (C=O) groups excluding carboxylic acids is 1. The van der Waals surface area contributed by atoms with Crippen LogP contribution in [0.2, 0.25) is 0 Å². The number of hydrogen-bond acceptors (Lipinski definition) is 2. The lowest BCUT2D eigenvalue weighted by Gasteiger charge is -2.02. The first kappa shape index (κ1) is 7.35. The summed E-state index contributed by atoms with van der Waals surface area (Å²) in [7, 11) is 0. The Labute approximate surface area is 71.6 Å². The van der Waals surface area contributed by atoms with Crippen LogP contribution in [0.15, 0.2) is 24.3 Å². The second-order valence-electron chi connectivity index (χ2n) is 3.16. The second kappa shape index (κ2) is 2.97. The fourth-order valence-electron chi connectivity index (χ4n) is 1.12. The Morgan fingerprint density at radius 1 is 1.25 bits per heavy atom. The summed E-state index contributed by atoms with van der Waals surface area (Å²) in [6.07, 6.45) is 3.41. The molecule has 0 spiro atoms. The van der Waals surface area contributed by atoms with Crippen molar-refractivity contribution in [2.24, 2.45) is 0 Å². The van der Waals surface area contributed by atoms with Crippen LogP contribution in [-0.4, -0.2) is 12.3 Å². The zero-order chi connectivity index (χ0) is 8.39. The van der Waals surface area contributed by atoms with E-state index in [1.54, 1.807) is 0 Å². The first-order chi connectivity index (χ1) is 5.88. The zero-order valence-electron chi connectivity index (χ0n) is 6.79. The predicted molar refractivity (Wildman–Crippen MR) is 48.5 cm³/mol. The van der Waals surface area contributed by atoms with Crippen molar-refractivity contribution in [3.63, 3.8) is 0 Å². The lowest BCUT2D eigenvalue weighted by Crippen LogP contribution is -2.00. The number of benzene rings is 1. The van der Waals surface area contributed by atoms with Crippen LogP contribution in [0.25, 0.3) is 0 Å². The van der Waals surface area contributed by atoms with Gasteiger partial charge in [0.2, 0.25) is 0 Å². The molecule has 1 aliphatic carbocycles. The highest BCUT2D eigenvalue weighted by atomic mass is 16.1. The SMILES string of the molecule is O=Cc1ccc(NC2CC2)cc1. The standard InChI is InChI=1S/C10H11NO/c12-7-8-1-3-9(4-2-8)11-10-5-6-10/h1-4,7,10-11H,5-6H2. The maximum absolute atomic E-state index is 10.3. The Morgan fingerprint density at radius 3 is 2.42 bits per heavy atom. The molecular weight excluding hydrogens is 150 g/mol. The van der Waals surface area contributed by atoms with Gasteiger partial charge in [0, 0.05) is 17.3 Å². The Kier molecular flexibility index (Phi) is 1.82. The van der Waals surface area contributed by atoms with E-state index in [4.69, 9.17) is 0 Å². The summed E-state index contributed by atoms with van der Waals surface area (Å²) in [4.78, 5) is 10.3. The van der Waals surface area contributed by atoms with Gasteiger partial charge in [-0.3, -0.25) is 4.79 Å². The molecular formula is C10H11NO. The van der Waals surface area contributed by atoms with Crippen molar-refractivity contribution in [3.05, 3.63) is 29.8 Å². The van der Waals surface area contributed by atoms with Gasteiger partial charge in [0.15, 0.2) is 0 Å². The van der Waals surface area contributed by atoms with Gasteiger partial charge >= 0.3 is 0 Å². The molecule has 0 unspecified atom stereocenters. The van der Waals surface area contributed by atoms with Crippen LogP contribution in [0.4, 0.5) is 5.69 Å². The molecule has 1 fully saturated rings. The first-order valence-electron chi connectivity index (χ1n) is 4.20. The highest BCUT2D eigenvalue weighted by Crippen LogP contribution is 2.24. The molecule has 0 amide bonds. The zero-order valence-corrected chi connectivity index (χ0v) is 6.79. The van der Waals surface area contributed by atoms with Gasteiger partial charge in [0.25, 0.3) is 0 Å². The van der Waals surface area contributed by atoms with Crippen LogP contribution in [0.1, 0.15) is 23.2 Å². The van der Waals surface area contributed by atoms with Crippen molar-refractivity contribution < 1.29 is 4.79 Å². The number of hydrogen-bond donors (Lipinski definition) is 1. The third kappa shape index (κ3) is 1.64. The minimum Gasteiger partial charge on any atom is -0.382 e. The predicted octanol–water partition coefficient (Wildman–Crippen LogP) is 2.07. The fraction of sp³-hybridized carbons (Fsp3) is 0.300. The Bertz CT molecular complexity index is 274. The van der Waals surface area contributed by atoms with Gasteiger partial charge in [-0.1, -0.05) is 0 Å². The fourth-order valence-corrected chi connectivity index (χ4v) is 1.12. The summed E-state index contributed by atoms with van der Waals surface area (Å²) in [5.41, 5.74) is 1.85. The van der Waals surface area contributed by atoms with Crippen molar-refractivity contribution in [1.82, 2.24) is 0 Å². The van der Waals surface area contributed by atoms with Crippen LogP contribution >= 0.6 is 0 Å². The second-order valence-corrected chi connectivity index (χ2v) is 3.16. The van der Waals surface area contributed by atoms with Gasteiger partial charge in [-0.05, 0) is 37.1 Å². The molecule has 0 heterocycles.